The van der Waals surface area contributed by atoms with Crippen LogP contribution >= 0.6 is 0 Å². The molecule has 2 rings (SSSR count). The highest BCUT2D eigenvalue weighted by atomic mass is 16.2. The van der Waals surface area contributed by atoms with Gasteiger partial charge in [0.25, 0.3) is 0 Å². The Morgan fingerprint density at radius 1 is 1.35 bits per heavy atom. The zero-order valence-electron chi connectivity index (χ0n) is 13.7. The monoisotopic (exact) mass is 318 g/mol. The van der Waals surface area contributed by atoms with Crippen LogP contribution in [0.25, 0.3) is 0 Å². The van der Waals surface area contributed by atoms with Crippen molar-refractivity contribution in [1.82, 2.24) is 15.1 Å². The number of hydrogen-bond donors (Lipinski definition) is 2. The van der Waals surface area contributed by atoms with Crippen LogP contribution in [0.3, 0.4) is 0 Å². The van der Waals surface area contributed by atoms with Gasteiger partial charge in [-0.05, 0) is 18.4 Å². The van der Waals surface area contributed by atoms with Gasteiger partial charge in [-0.1, -0.05) is 30.3 Å². The van der Waals surface area contributed by atoms with Crippen molar-refractivity contribution < 1.29 is 9.59 Å². The second-order valence-electron chi connectivity index (χ2n) is 5.94. The van der Waals surface area contributed by atoms with Gasteiger partial charge in [0.15, 0.2) is 0 Å². The molecule has 1 heterocycles. The van der Waals surface area contributed by atoms with E-state index >= 15 is 0 Å². The molecule has 0 aliphatic carbocycles. The molecular formula is C17H26N4O2. The molecule has 0 spiro atoms. The molecule has 1 aromatic carbocycles. The minimum absolute atomic E-state index is 0.0731. The van der Waals surface area contributed by atoms with E-state index in [9.17, 15) is 9.59 Å². The van der Waals surface area contributed by atoms with E-state index in [1.165, 1.54) is 0 Å². The summed E-state index contributed by atoms with van der Waals surface area (Å²) in [6, 6.07) is 9.80. The van der Waals surface area contributed by atoms with Crippen molar-refractivity contribution in [2.75, 3.05) is 26.7 Å². The Kier molecular flexibility index (Phi) is 6.40. The first-order chi connectivity index (χ1) is 11.1. The van der Waals surface area contributed by atoms with Crippen molar-refractivity contribution >= 4 is 11.9 Å². The van der Waals surface area contributed by atoms with Crippen molar-refractivity contribution in [3.05, 3.63) is 35.9 Å². The molecule has 0 saturated carbocycles. The molecule has 1 aromatic rings. The number of benzene rings is 1. The third kappa shape index (κ3) is 4.96. The van der Waals surface area contributed by atoms with Crippen molar-refractivity contribution in [3.63, 3.8) is 0 Å². The maximum Gasteiger partial charge on any atom is 0.317 e. The van der Waals surface area contributed by atoms with Crippen LogP contribution in [0.2, 0.25) is 0 Å². The summed E-state index contributed by atoms with van der Waals surface area (Å²) in [6.45, 7) is 2.19. The fourth-order valence-electron chi connectivity index (χ4n) is 2.89. The average Bonchev–Trinajstić information content (AvgIpc) is 3.04. The summed E-state index contributed by atoms with van der Waals surface area (Å²) < 4.78 is 0. The molecule has 1 fully saturated rings. The summed E-state index contributed by atoms with van der Waals surface area (Å²) in [7, 11) is 1.75. The zero-order chi connectivity index (χ0) is 16.7. The van der Waals surface area contributed by atoms with Crippen LogP contribution in [0.1, 0.15) is 24.8 Å². The minimum atomic E-state index is -0.168. The molecule has 1 saturated heterocycles. The molecule has 1 unspecified atom stereocenters. The third-order valence-electron chi connectivity index (χ3n) is 4.19. The number of likely N-dealkylation sites (tertiary alicyclic amines) is 1. The Morgan fingerprint density at radius 3 is 2.78 bits per heavy atom. The SMILES string of the molecule is CN(Cc1ccccc1)C(=O)NCCC(=O)N1CCCC1CN. The van der Waals surface area contributed by atoms with Crippen molar-refractivity contribution in [2.24, 2.45) is 5.73 Å². The van der Waals surface area contributed by atoms with Crippen LogP contribution < -0.4 is 11.1 Å². The normalized spacial score (nSPS) is 17.1. The maximum absolute atomic E-state index is 12.2. The highest BCUT2D eigenvalue weighted by molar-refractivity contribution is 5.78. The molecule has 3 amide bonds. The number of amides is 3. The summed E-state index contributed by atoms with van der Waals surface area (Å²) in [5.41, 5.74) is 6.75. The number of nitrogens with two attached hydrogens (primary N) is 1. The highest BCUT2D eigenvalue weighted by Gasteiger charge is 2.27. The standard InChI is InChI=1S/C17H26N4O2/c1-20(13-14-6-3-2-4-7-14)17(23)19-10-9-16(22)21-11-5-8-15(21)12-18/h2-4,6-7,15H,5,8-13,18H2,1H3,(H,19,23). The van der Waals surface area contributed by atoms with E-state index in [1.807, 2.05) is 35.2 Å². The molecule has 0 aromatic heterocycles. The number of nitrogens with one attached hydrogen (secondary N) is 1. The quantitative estimate of drug-likeness (QED) is 0.826. The Hall–Kier alpha value is -2.08. The summed E-state index contributed by atoms with van der Waals surface area (Å²) in [6.07, 6.45) is 2.32. The highest BCUT2D eigenvalue weighted by Crippen LogP contribution is 2.16. The largest absolute Gasteiger partial charge is 0.338 e. The lowest BCUT2D eigenvalue weighted by atomic mass is 10.2. The third-order valence-corrected chi connectivity index (χ3v) is 4.19. The molecule has 126 valence electrons. The van der Waals surface area contributed by atoms with Gasteiger partial charge in [-0.15, -0.1) is 0 Å². The first-order valence-corrected chi connectivity index (χ1v) is 8.14. The average molecular weight is 318 g/mol. The van der Waals surface area contributed by atoms with Gasteiger partial charge in [0.2, 0.25) is 5.91 Å². The number of urea groups is 1. The topological polar surface area (TPSA) is 78.7 Å². The molecule has 0 radical (unpaired) electrons. The fraction of sp³-hybridized carbons (Fsp3) is 0.529. The molecular weight excluding hydrogens is 292 g/mol. The molecule has 6 heteroatoms. The van der Waals surface area contributed by atoms with E-state index in [4.69, 9.17) is 5.73 Å². The van der Waals surface area contributed by atoms with Crippen molar-refractivity contribution in [2.45, 2.75) is 31.8 Å². The lowest BCUT2D eigenvalue weighted by Crippen LogP contribution is -2.42. The number of carbonyl (C=O) groups excluding carboxylic acids is 2. The van der Waals surface area contributed by atoms with E-state index in [0.29, 0.717) is 26.1 Å². The van der Waals surface area contributed by atoms with Gasteiger partial charge in [0.1, 0.15) is 0 Å². The number of nitrogens with zero attached hydrogens (tertiary/aromatic N) is 2. The van der Waals surface area contributed by atoms with E-state index in [0.717, 1.165) is 24.9 Å². The summed E-state index contributed by atoms with van der Waals surface area (Å²) in [5.74, 6) is 0.0731. The van der Waals surface area contributed by atoms with Gasteiger partial charge in [-0.2, -0.15) is 0 Å². The van der Waals surface area contributed by atoms with Gasteiger partial charge in [0, 0.05) is 45.7 Å². The van der Waals surface area contributed by atoms with E-state index in [1.54, 1.807) is 11.9 Å². The first-order valence-electron chi connectivity index (χ1n) is 8.14. The number of hydrogen-bond acceptors (Lipinski definition) is 3. The lowest BCUT2D eigenvalue weighted by molar-refractivity contribution is -0.131. The lowest BCUT2D eigenvalue weighted by Gasteiger charge is -2.24. The maximum atomic E-state index is 12.2. The van der Waals surface area contributed by atoms with Crippen molar-refractivity contribution in [1.29, 1.82) is 0 Å². The van der Waals surface area contributed by atoms with Gasteiger partial charge in [-0.25, -0.2) is 4.79 Å². The van der Waals surface area contributed by atoms with E-state index < -0.39 is 0 Å². The Morgan fingerprint density at radius 2 is 2.09 bits per heavy atom. The van der Waals surface area contributed by atoms with Crippen LogP contribution in [0.5, 0.6) is 0 Å². The van der Waals surface area contributed by atoms with Gasteiger partial charge >= 0.3 is 6.03 Å². The second-order valence-corrected chi connectivity index (χ2v) is 5.94. The summed E-state index contributed by atoms with van der Waals surface area (Å²) >= 11 is 0. The van der Waals surface area contributed by atoms with Crippen LogP contribution in [0.15, 0.2) is 30.3 Å². The molecule has 3 N–H and O–H groups in total. The van der Waals surface area contributed by atoms with Gasteiger partial charge in [-0.3, -0.25) is 4.79 Å². The fourth-order valence-corrected chi connectivity index (χ4v) is 2.89. The van der Waals surface area contributed by atoms with Gasteiger partial charge in [0.05, 0.1) is 0 Å². The Labute approximate surface area is 137 Å². The zero-order valence-corrected chi connectivity index (χ0v) is 13.7. The van der Waals surface area contributed by atoms with Gasteiger partial charge < -0.3 is 20.9 Å². The van der Waals surface area contributed by atoms with Crippen LogP contribution in [0.4, 0.5) is 4.79 Å². The summed E-state index contributed by atoms with van der Waals surface area (Å²) in [4.78, 5) is 27.7. The minimum Gasteiger partial charge on any atom is -0.338 e. The second kappa shape index (κ2) is 8.53. The van der Waals surface area contributed by atoms with E-state index in [2.05, 4.69) is 5.32 Å². The van der Waals surface area contributed by atoms with Crippen LogP contribution in [-0.2, 0) is 11.3 Å². The van der Waals surface area contributed by atoms with Crippen LogP contribution in [-0.4, -0.2) is 54.5 Å². The first kappa shape index (κ1) is 17.3. The van der Waals surface area contributed by atoms with Crippen LogP contribution in [0, 0.1) is 0 Å². The number of rotatable bonds is 6. The molecule has 1 atom stereocenters. The smallest absolute Gasteiger partial charge is 0.317 e. The number of carbonyl (C=O) groups is 2. The predicted molar refractivity (Wildman–Crippen MR) is 89.7 cm³/mol. The molecule has 1 aliphatic heterocycles. The van der Waals surface area contributed by atoms with E-state index in [-0.39, 0.29) is 18.0 Å². The van der Waals surface area contributed by atoms with Crippen molar-refractivity contribution in [3.8, 4) is 0 Å². The molecule has 1 aliphatic rings. The summed E-state index contributed by atoms with van der Waals surface area (Å²) in [5, 5.41) is 2.80. The molecule has 0 bridgehead atoms. The Bertz CT molecular complexity index is 521. The molecule has 6 nitrogen and oxygen atoms in total. The predicted octanol–water partition coefficient (Wildman–Crippen LogP) is 1.17. The molecule has 23 heavy (non-hydrogen) atoms. The Balaban J connectivity index is 1.71.